The van der Waals surface area contributed by atoms with Gasteiger partial charge in [0, 0.05) is 55.4 Å². The highest BCUT2D eigenvalue weighted by molar-refractivity contribution is 6.41. The number of aromatic amines is 1. The van der Waals surface area contributed by atoms with E-state index in [-0.39, 0.29) is 35.0 Å². The standard InChI is InChI=1S/C28H33ClN8O4/c1-15-12-32-21(17(3)23(15)40-4)14-37-25-22(24(29)34-28(30)35-25)18(27(37)39)11-20-16(2)19(13-33-20)26(38)31-5-6-36-7-9-41-10-8-36/h11-13,33H,5-10,14H2,1-4H3,(H,31,38)(H2,30,34,35). The van der Waals surface area contributed by atoms with Crippen LogP contribution >= 0.6 is 11.6 Å². The Balaban J connectivity index is 1.41. The first-order valence-corrected chi connectivity index (χ1v) is 13.7. The summed E-state index contributed by atoms with van der Waals surface area (Å²) in [6.45, 7) is 10.1. The van der Waals surface area contributed by atoms with Crippen molar-refractivity contribution in [3.8, 4) is 5.75 Å². The minimum absolute atomic E-state index is 0.0499. The molecule has 0 spiro atoms. The van der Waals surface area contributed by atoms with Gasteiger partial charge in [0.15, 0.2) is 5.82 Å². The van der Waals surface area contributed by atoms with Gasteiger partial charge in [0.25, 0.3) is 11.8 Å². The summed E-state index contributed by atoms with van der Waals surface area (Å²) in [4.78, 5) is 46.6. The summed E-state index contributed by atoms with van der Waals surface area (Å²) in [6.07, 6.45) is 5.01. The molecule has 12 nitrogen and oxygen atoms in total. The summed E-state index contributed by atoms with van der Waals surface area (Å²) >= 11 is 6.51. The number of hydrogen-bond acceptors (Lipinski definition) is 9. The van der Waals surface area contributed by atoms with Crippen LogP contribution in [-0.4, -0.2) is 83.2 Å². The van der Waals surface area contributed by atoms with Crippen molar-refractivity contribution in [1.29, 1.82) is 0 Å². The van der Waals surface area contributed by atoms with Gasteiger partial charge in [-0.05, 0) is 32.4 Å². The molecule has 0 bridgehead atoms. The number of nitrogens with one attached hydrogen (secondary N) is 2. The number of nitrogens with two attached hydrogens (primary N) is 1. The maximum Gasteiger partial charge on any atom is 0.260 e. The van der Waals surface area contributed by atoms with Crippen molar-refractivity contribution in [2.24, 2.45) is 0 Å². The van der Waals surface area contributed by atoms with Crippen molar-refractivity contribution >= 4 is 46.8 Å². The zero-order valence-corrected chi connectivity index (χ0v) is 24.3. The number of H-pyrrole nitrogens is 1. The predicted octanol–water partition coefficient (Wildman–Crippen LogP) is 2.52. The molecule has 0 atom stereocenters. The van der Waals surface area contributed by atoms with Crippen LogP contribution in [0.2, 0.25) is 5.15 Å². The number of halogens is 1. The summed E-state index contributed by atoms with van der Waals surface area (Å²) in [6, 6.07) is 0. The molecule has 1 fully saturated rings. The van der Waals surface area contributed by atoms with Gasteiger partial charge >= 0.3 is 0 Å². The molecule has 216 valence electrons. The van der Waals surface area contributed by atoms with E-state index in [9.17, 15) is 9.59 Å². The molecule has 0 radical (unpaired) electrons. The van der Waals surface area contributed by atoms with E-state index in [4.69, 9.17) is 26.8 Å². The number of fused-ring (bicyclic) bond motifs is 1. The number of ether oxygens (including phenoxy) is 2. The number of nitrogen functional groups attached to an aromatic ring is 1. The molecule has 3 aromatic rings. The normalized spacial score (nSPS) is 16.4. The second kappa shape index (κ2) is 11.9. The molecule has 3 aromatic heterocycles. The molecule has 41 heavy (non-hydrogen) atoms. The molecule has 5 heterocycles. The molecule has 4 N–H and O–H groups in total. The largest absolute Gasteiger partial charge is 0.496 e. The Kier molecular flexibility index (Phi) is 8.25. The van der Waals surface area contributed by atoms with E-state index in [1.807, 2.05) is 20.8 Å². The third-order valence-electron chi connectivity index (χ3n) is 7.45. The number of nitrogens with zero attached hydrogens (tertiary/aromatic N) is 5. The lowest BCUT2D eigenvalue weighted by Crippen LogP contribution is -2.41. The Morgan fingerprint density at radius 2 is 2.00 bits per heavy atom. The highest BCUT2D eigenvalue weighted by Crippen LogP contribution is 2.42. The molecular formula is C28H33ClN8O4. The Bertz CT molecular complexity index is 1530. The van der Waals surface area contributed by atoms with Crippen LogP contribution in [0.4, 0.5) is 11.8 Å². The van der Waals surface area contributed by atoms with Crippen LogP contribution in [0.1, 0.15) is 44.0 Å². The number of aryl methyl sites for hydroxylation is 1. The minimum Gasteiger partial charge on any atom is -0.496 e. The van der Waals surface area contributed by atoms with Crippen molar-refractivity contribution in [2.75, 3.05) is 57.1 Å². The zero-order chi connectivity index (χ0) is 29.3. The maximum absolute atomic E-state index is 13.8. The van der Waals surface area contributed by atoms with Crippen LogP contribution in [0, 0.1) is 20.8 Å². The van der Waals surface area contributed by atoms with E-state index in [1.165, 1.54) is 4.90 Å². The number of carbonyl (C=O) groups excluding carboxylic acids is 2. The minimum atomic E-state index is -0.340. The number of morpholine rings is 1. The topological polar surface area (TPSA) is 152 Å². The Morgan fingerprint density at radius 1 is 1.24 bits per heavy atom. The van der Waals surface area contributed by atoms with Crippen molar-refractivity contribution in [1.82, 2.24) is 30.2 Å². The average Bonchev–Trinajstić information content (AvgIpc) is 3.43. The highest BCUT2D eigenvalue weighted by atomic mass is 35.5. The van der Waals surface area contributed by atoms with E-state index in [1.54, 1.807) is 25.6 Å². The first-order valence-electron chi connectivity index (χ1n) is 13.3. The van der Waals surface area contributed by atoms with Gasteiger partial charge in [0.1, 0.15) is 10.9 Å². The lowest BCUT2D eigenvalue weighted by molar-refractivity contribution is -0.113. The number of carbonyl (C=O) groups is 2. The van der Waals surface area contributed by atoms with Crippen molar-refractivity contribution in [2.45, 2.75) is 27.3 Å². The lowest BCUT2D eigenvalue weighted by atomic mass is 10.1. The van der Waals surface area contributed by atoms with E-state index in [0.29, 0.717) is 59.4 Å². The van der Waals surface area contributed by atoms with Gasteiger partial charge in [0.05, 0.1) is 49.3 Å². The second-order valence-electron chi connectivity index (χ2n) is 10.0. The summed E-state index contributed by atoms with van der Waals surface area (Å²) in [5.41, 5.74) is 10.7. The first kappa shape index (κ1) is 28.5. The second-order valence-corrected chi connectivity index (χ2v) is 10.4. The summed E-state index contributed by atoms with van der Waals surface area (Å²) in [5.74, 6) is 0.417. The fourth-order valence-corrected chi connectivity index (χ4v) is 5.44. The van der Waals surface area contributed by atoms with Crippen LogP contribution in [0.5, 0.6) is 5.75 Å². The fraction of sp³-hybridized carbons (Fsp3) is 0.393. The van der Waals surface area contributed by atoms with Gasteiger partial charge in [0.2, 0.25) is 5.95 Å². The fourth-order valence-electron chi connectivity index (χ4n) is 5.16. The third kappa shape index (κ3) is 5.63. The quantitative estimate of drug-likeness (QED) is 0.269. The number of aromatic nitrogens is 4. The van der Waals surface area contributed by atoms with Crippen molar-refractivity contribution in [3.63, 3.8) is 0 Å². The summed E-state index contributed by atoms with van der Waals surface area (Å²) in [5, 5.41) is 3.04. The number of pyridine rings is 1. The monoisotopic (exact) mass is 580 g/mol. The SMILES string of the molecule is COc1c(C)cnc(CN2C(=O)C(=Cc3[nH]cc(C(=O)NCCN4CCOCC4)c3C)c3c(Cl)nc(N)nc32)c1C. The Morgan fingerprint density at radius 3 is 2.73 bits per heavy atom. The molecule has 0 unspecified atom stereocenters. The number of amides is 2. The number of hydrogen-bond donors (Lipinski definition) is 3. The van der Waals surface area contributed by atoms with Crippen LogP contribution in [0.25, 0.3) is 11.6 Å². The van der Waals surface area contributed by atoms with E-state index in [0.717, 1.165) is 30.8 Å². The van der Waals surface area contributed by atoms with E-state index >= 15 is 0 Å². The molecule has 0 saturated carbocycles. The van der Waals surface area contributed by atoms with E-state index < -0.39 is 0 Å². The molecule has 5 rings (SSSR count). The van der Waals surface area contributed by atoms with Crippen LogP contribution < -0.4 is 20.7 Å². The predicted molar refractivity (Wildman–Crippen MR) is 156 cm³/mol. The van der Waals surface area contributed by atoms with Gasteiger partial charge < -0.3 is 25.5 Å². The van der Waals surface area contributed by atoms with Crippen LogP contribution in [-0.2, 0) is 16.1 Å². The zero-order valence-electron chi connectivity index (χ0n) is 23.5. The molecule has 2 aliphatic rings. The number of rotatable bonds is 8. The molecular weight excluding hydrogens is 548 g/mol. The lowest BCUT2D eigenvalue weighted by Gasteiger charge is -2.26. The number of anilines is 2. The highest BCUT2D eigenvalue weighted by Gasteiger charge is 2.38. The molecule has 13 heteroatoms. The molecule has 2 amide bonds. The number of methoxy groups -OCH3 is 1. The van der Waals surface area contributed by atoms with Crippen molar-refractivity contribution < 1.29 is 19.1 Å². The Labute approximate surface area is 242 Å². The van der Waals surface area contributed by atoms with Gasteiger partial charge in [-0.25, -0.2) is 4.98 Å². The van der Waals surface area contributed by atoms with Crippen LogP contribution in [0.3, 0.4) is 0 Å². The summed E-state index contributed by atoms with van der Waals surface area (Å²) < 4.78 is 10.9. The Hall–Kier alpha value is -4.00. The molecule has 0 aromatic carbocycles. The first-order chi connectivity index (χ1) is 19.7. The van der Waals surface area contributed by atoms with Gasteiger partial charge in [-0.2, -0.15) is 4.98 Å². The van der Waals surface area contributed by atoms with Gasteiger partial charge in [-0.1, -0.05) is 11.6 Å². The van der Waals surface area contributed by atoms with Crippen LogP contribution in [0.15, 0.2) is 12.4 Å². The van der Waals surface area contributed by atoms with Gasteiger partial charge in [-0.3, -0.25) is 24.4 Å². The van der Waals surface area contributed by atoms with Gasteiger partial charge in [-0.15, -0.1) is 0 Å². The third-order valence-corrected chi connectivity index (χ3v) is 7.73. The molecule has 2 aliphatic heterocycles. The van der Waals surface area contributed by atoms with E-state index in [2.05, 4.69) is 30.2 Å². The smallest absolute Gasteiger partial charge is 0.260 e. The molecule has 0 aliphatic carbocycles. The maximum atomic E-state index is 13.8. The average molecular weight is 581 g/mol. The summed E-state index contributed by atoms with van der Waals surface area (Å²) in [7, 11) is 1.60. The van der Waals surface area contributed by atoms with Crippen molar-refractivity contribution in [3.05, 3.63) is 56.8 Å². The molecule has 1 saturated heterocycles.